The minimum atomic E-state index is 0.177. The van der Waals surface area contributed by atoms with Crippen molar-refractivity contribution in [2.75, 3.05) is 5.32 Å². The van der Waals surface area contributed by atoms with Crippen LogP contribution in [0.4, 0.5) is 5.69 Å². The van der Waals surface area contributed by atoms with Crippen LogP contribution in [-0.4, -0.2) is 11.2 Å². The Morgan fingerprint density at radius 2 is 1.86 bits per heavy atom. The summed E-state index contributed by atoms with van der Waals surface area (Å²) in [6, 6.07) is 16.2. The van der Waals surface area contributed by atoms with E-state index in [1.165, 1.54) is 11.1 Å². The molecule has 2 aromatic carbocycles. The molecule has 3 nitrogen and oxygen atoms in total. The van der Waals surface area contributed by atoms with E-state index in [4.69, 9.17) is 17.0 Å². The van der Waals surface area contributed by atoms with Gasteiger partial charge in [0.05, 0.1) is 6.10 Å². The second-order valence-corrected chi connectivity index (χ2v) is 5.90. The van der Waals surface area contributed by atoms with Gasteiger partial charge in [-0.1, -0.05) is 29.8 Å². The maximum atomic E-state index is 5.61. The number of anilines is 1. The van der Waals surface area contributed by atoms with E-state index in [-0.39, 0.29) is 6.10 Å². The smallest absolute Gasteiger partial charge is 0.171 e. The molecule has 2 N–H and O–H groups in total. The van der Waals surface area contributed by atoms with Gasteiger partial charge in [-0.15, -0.1) is 0 Å². The van der Waals surface area contributed by atoms with Gasteiger partial charge in [-0.3, -0.25) is 0 Å². The molecule has 0 saturated heterocycles. The third-order valence-corrected chi connectivity index (χ3v) is 3.27. The number of ether oxygens (including phenoxy) is 1. The Bertz CT molecular complexity index is 623. The van der Waals surface area contributed by atoms with E-state index in [9.17, 15) is 0 Å². The molecule has 2 aromatic rings. The van der Waals surface area contributed by atoms with E-state index in [1.54, 1.807) is 0 Å². The lowest BCUT2D eigenvalue weighted by Gasteiger charge is -2.13. The summed E-state index contributed by atoms with van der Waals surface area (Å²) in [6.07, 6.45) is 0.177. The van der Waals surface area contributed by atoms with Crippen molar-refractivity contribution in [2.24, 2.45) is 0 Å². The summed E-state index contributed by atoms with van der Waals surface area (Å²) in [6.45, 7) is 6.82. The molecule has 0 aliphatic carbocycles. The molecule has 2 rings (SSSR count). The summed E-state index contributed by atoms with van der Waals surface area (Å²) >= 11 is 5.32. The van der Waals surface area contributed by atoms with Crippen molar-refractivity contribution < 1.29 is 4.74 Å². The summed E-state index contributed by atoms with van der Waals surface area (Å²) in [5.41, 5.74) is 3.40. The first-order valence-corrected chi connectivity index (χ1v) is 7.81. The Kier molecular flexibility index (Phi) is 5.78. The number of aryl methyl sites for hydroxylation is 1. The number of hydrogen-bond donors (Lipinski definition) is 2. The van der Waals surface area contributed by atoms with Crippen LogP contribution in [0.15, 0.2) is 48.5 Å². The SMILES string of the molecule is Cc1cccc(CNC(=S)Nc2ccc(OC(C)C)cc2)c1. The van der Waals surface area contributed by atoms with Crippen LogP contribution >= 0.6 is 12.2 Å². The zero-order valence-electron chi connectivity index (χ0n) is 13.2. The van der Waals surface area contributed by atoms with E-state index in [2.05, 4.69) is 41.8 Å². The number of benzene rings is 2. The van der Waals surface area contributed by atoms with Crippen molar-refractivity contribution in [1.82, 2.24) is 5.32 Å². The van der Waals surface area contributed by atoms with Crippen LogP contribution in [0.3, 0.4) is 0 Å². The molecular formula is C18H22N2OS. The summed E-state index contributed by atoms with van der Waals surface area (Å²) in [5, 5.41) is 6.99. The Morgan fingerprint density at radius 1 is 1.14 bits per heavy atom. The molecule has 0 fully saturated rings. The summed E-state index contributed by atoms with van der Waals surface area (Å²) in [4.78, 5) is 0. The topological polar surface area (TPSA) is 33.3 Å². The molecule has 0 atom stereocenters. The molecule has 0 amide bonds. The molecule has 0 saturated carbocycles. The standard InChI is InChI=1S/C18H22N2OS/c1-13(2)21-17-9-7-16(8-10-17)20-18(22)19-12-15-6-4-5-14(3)11-15/h4-11,13H,12H2,1-3H3,(H2,19,20,22). The highest BCUT2D eigenvalue weighted by Crippen LogP contribution is 2.16. The molecule has 0 spiro atoms. The monoisotopic (exact) mass is 314 g/mol. The molecule has 0 aliphatic heterocycles. The van der Waals surface area contributed by atoms with Crippen LogP contribution in [0.2, 0.25) is 0 Å². The maximum Gasteiger partial charge on any atom is 0.171 e. The predicted octanol–water partition coefficient (Wildman–Crippen LogP) is 4.27. The van der Waals surface area contributed by atoms with Gasteiger partial charge >= 0.3 is 0 Å². The summed E-state index contributed by atoms with van der Waals surface area (Å²) in [7, 11) is 0. The van der Waals surface area contributed by atoms with Crippen LogP contribution in [0, 0.1) is 6.92 Å². The molecular weight excluding hydrogens is 292 g/mol. The number of rotatable bonds is 5. The fraction of sp³-hybridized carbons (Fsp3) is 0.278. The quantitative estimate of drug-likeness (QED) is 0.808. The van der Waals surface area contributed by atoms with Gasteiger partial charge in [0.15, 0.2) is 5.11 Å². The molecule has 0 heterocycles. The molecule has 116 valence electrons. The van der Waals surface area contributed by atoms with Gasteiger partial charge in [-0.2, -0.15) is 0 Å². The lowest BCUT2D eigenvalue weighted by atomic mass is 10.1. The lowest BCUT2D eigenvalue weighted by Crippen LogP contribution is -2.27. The molecule has 0 aliphatic rings. The van der Waals surface area contributed by atoms with Crippen molar-refractivity contribution >= 4 is 23.0 Å². The van der Waals surface area contributed by atoms with Gasteiger partial charge in [0.1, 0.15) is 5.75 Å². The van der Waals surface area contributed by atoms with Gasteiger partial charge < -0.3 is 15.4 Å². The third kappa shape index (κ3) is 5.37. The van der Waals surface area contributed by atoms with Crippen molar-refractivity contribution in [3.05, 3.63) is 59.7 Å². The molecule has 0 radical (unpaired) electrons. The Labute approximate surface area is 137 Å². The van der Waals surface area contributed by atoms with E-state index in [0.29, 0.717) is 11.7 Å². The molecule has 0 unspecified atom stereocenters. The minimum absolute atomic E-state index is 0.177. The average molecular weight is 314 g/mol. The maximum absolute atomic E-state index is 5.61. The van der Waals surface area contributed by atoms with E-state index in [0.717, 1.165) is 11.4 Å². The van der Waals surface area contributed by atoms with Gasteiger partial charge in [0.25, 0.3) is 0 Å². The number of thiocarbonyl (C=S) groups is 1. The van der Waals surface area contributed by atoms with E-state index >= 15 is 0 Å². The van der Waals surface area contributed by atoms with Crippen molar-refractivity contribution in [3.8, 4) is 5.75 Å². The van der Waals surface area contributed by atoms with E-state index in [1.807, 2.05) is 38.1 Å². The second-order valence-electron chi connectivity index (χ2n) is 5.49. The molecule has 4 heteroatoms. The zero-order chi connectivity index (χ0) is 15.9. The molecule has 0 aromatic heterocycles. The first kappa shape index (κ1) is 16.3. The number of hydrogen-bond acceptors (Lipinski definition) is 2. The normalized spacial score (nSPS) is 10.4. The zero-order valence-corrected chi connectivity index (χ0v) is 14.0. The van der Waals surface area contributed by atoms with Crippen LogP contribution < -0.4 is 15.4 Å². The Morgan fingerprint density at radius 3 is 2.50 bits per heavy atom. The highest BCUT2D eigenvalue weighted by Gasteiger charge is 2.01. The van der Waals surface area contributed by atoms with Crippen molar-refractivity contribution in [2.45, 2.75) is 33.4 Å². The van der Waals surface area contributed by atoms with Crippen LogP contribution in [0.25, 0.3) is 0 Å². The van der Waals surface area contributed by atoms with Gasteiger partial charge in [0, 0.05) is 12.2 Å². The fourth-order valence-electron chi connectivity index (χ4n) is 2.07. The van der Waals surface area contributed by atoms with Crippen LogP contribution in [0.1, 0.15) is 25.0 Å². The first-order valence-electron chi connectivity index (χ1n) is 7.40. The largest absolute Gasteiger partial charge is 0.491 e. The summed E-state index contributed by atoms with van der Waals surface area (Å²) < 4.78 is 5.61. The third-order valence-electron chi connectivity index (χ3n) is 3.02. The van der Waals surface area contributed by atoms with Crippen molar-refractivity contribution in [3.63, 3.8) is 0 Å². The van der Waals surface area contributed by atoms with Crippen LogP contribution in [0.5, 0.6) is 5.75 Å². The summed E-state index contributed by atoms with van der Waals surface area (Å²) in [5.74, 6) is 0.860. The molecule has 22 heavy (non-hydrogen) atoms. The van der Waals surface area contributed by atoms with Gasteiger partial charge in [-0.05, 0) is 62.8 Å². The fourth-order valence-corrected chi connectivity index (χ4v) is 2.26. The number of nitrogens with one attached hydrogen (secondary N) is 2. The van der Waals surface area contributed by atoms with E-state index < -0.39 is 0 Å². The van der Waals surface area contributed by atoms with Crippen LogP contribution in [-0.2, 0) is 6.54 Å². The molecule has 0 bridgehead atoms. The first-order chi connectivity index (χ1) is 10.5. The minimum Gasteiger partial charge on any atom is -0.491 e. The van der Waals surface area contributed by atoms with Crippen molar-refractivity contribution in [1.29, 1.82) is 0 Å². The Hall–Kier alpha value is -2.07. The van der Waals surface area contributed by atoms with Gasteiger partial charge in [0.2, 0.25) is 0 Å². The average Bonchev–Trinajstić information content (AvgIpc) is 2.47. The highest BCUT2D eigenvalue weighted by atomic mass is 32.1. The Balaban J connectivity index is 1.84. The predicted molar refractivity (Wildman–Crippen MR) is 96.4 cm³/mol. The van der Waals surface area contributed by atoms with Gasteiger partial charge in [-0.25, -0.2) is 0 Å². The highest BCUT2D eigenvalue weighted by molar-refractivity contribution is 7.80. The second kappa shape index (κ2) is 7.80. The lowest BCUT2D eigenvalue weighted by molar-refractivity contribution is 0.242.